The SMILES string of the molecule is N#Cc1ccc(Cc2ncc(CC3CCc4ccccc4N3)[nH]2)cc1. The van der Waals surface area contributed by atoms with Crippen molar-refractivity contribution in [3.8, 4) is 6.07 Å². The molecule has 0 saturated heterocycles. The van der Waals surface area contributed by atoms with Crippen LogP contribution >= 0.6 is 0 Å². The molecular weight excluding hydrogens is 308 g/mol. The fraction of sp³-hybridized carbons (Fsp3) is 0.238. The third-order valence-electron chi connectivity index (χ3n) is 4.74. The lowest BCUT2D eigenvalue weighted by molar-refractivity contribution is 0.621. The van der Waals surface area contributed by atoms with Crippen LogP contribution in [0, 0.1) is 11.3 Å². The molecule has 124 valence electrons. The highest BCUT2D eigenvalue weighted by Crippen LogP contribution is 2.25. The molecule has 0 fully saturated rings. The Hall–Kier alpha value is -3.06. The van der Waals surface area contributed by atoms with E-state index in [0.717, 1.165) is 37.1 Å². The fourth-order valence-corrected chi connectivity index (χ4v) is 3.41. The minimum absolute atomic E-state index is 0.443. The number of nitrogens with zero attached hydrogens (tertiary/aromatic N) is 2. The predicted molar refractivity (Wildman–Crippen MR) is 98.4 cm³/mol. The standard InChI is InChI=1S/C21H20N4/c22-13-16-7-5-15(6-8-16)11-21-23-14-19(25-21)12-18-10-9-17-3-1-2-4-20(17)24-18/h1-8,14,18,24H,9-12H2,(H,23,25). The Labute approximate surface area is 147 Å². The van der Waals surface area contributed by atoms with E-state index in [1.807, 2.05) is 30.5 Å². The van der Waals surface area contributed by atoms with E-state index in [4.69, 9.17) is 5.26 Å². The third-order valence-corrected chi connectivity index (χ3v) is 4.74. The number of fused-ring (bicyclic) bond motifs is 1. The highest BCUT2D eigenvalue weighted by Gasteiger charge is 2.18. The average Bonchev–Trinajstić information content (AvgIpc) is 3.09. The number of H-pyrrole nitrogens is 1. The minimum Gasteiger partial charge on any atom is -0.382 e. The van der Waals surface area contributed by atoms with Gasteiger partial charge in [0, 0.05) is 36.5 Å². The molecule has 0 spiro atoms. The molecule has 2 aromatic carbocycles. The van der Waals surface area contributed by atoms with E-state index >= 15 is 0 Å². The first-order chi connectivity index (χ1) is 12.3. The van der Waals surface area contributed by atoms with E-state index in [-0.39, 0.29) is 0 Å². The van der Waals surface area contributed by atoms with E-state index in [0.29, 0.717) is 11.6 Å². The van der Waals surface area contributed by atoms with Gasteiger partial charge in [-0.15, -0.1) is 0 Å². The van der Waals surface area contributed by atoms with Crippen LogP contribution in [0.5, 0.6) is 0 Å². The van der Waals surface area contributed by atoms with E-state index in [1.54, 1.807) is 0 Å². The Bertz CT molecular complexity index is 902. The molecule has 25 heavy (non-hydrogen) atoms. The lowest BCUT2D eigenvalue weighted by Gasteiger charge is -2.26. The Morgan fingerprint density at radius 2 is 1.96 bits per heavy atom. The van der Waals surface area contributed by atoms with Crippen molar-refractivity contribution >= 4 is 5.69 Å². The number of nitriles is 1. The summed E-state index contributed by atoms with van der Waals surface area (Å²) >= 11 is 0. The minimum atomic E-state index is 0.443. The van der Waals surface area contributed by atoms with Gasteiger partial charge < -0.3 is 10.3 Å². The average molecular weight is 328 g/mol. The molecule has 2 heterocycles. The maximum Gasteiger partial charge on any atom is 0.110 e. The van der Waals surface area contributed by atoms with Crippen molar-refractivity contribution in [3.05, 3.63) is 82.9 Å². The van der Waals surface area contributed by atoms with Crippen molar-refractivity contribution in [2.24, 2.45) is 0 Å². The monoisotopic (exact) mass is 328 g/mol. The third kappa shape index (κ3) is 3.56. The number of aromatic amines is 1. The van der Waals surface area contributed by atoms with Gasteiger partial charge in [-0.25, -0.2) is 4.98 Å². The smallest absolute Gasteiger partial charge is 0.110 e. The van der Waals surface area contributed by atoms with Crippen molar-refractivity contribution in [2.45, 2.75) is 31.7 Å². The van der Waals surface area contributed by atoms with Gasteiger partial charge in [0.15, 0.2) is 0 Å². The molecule has 0 saturated carbocycles. The fourth-order valence-electron chi connectivity index (χ4n) is 3.41. The van der Waals surface area contributed by atoms with Gasteiger partial charge in [-0.3, -0.25) is 0 Å². The van der Waals surface area contributed by atoms with Crippen LogP contribution in [0.25, 0.3) is 0 Å². The first-order valence-electron chi connectivity index (χ1n) is 8.66. The first-order valence-corrected chi connectivity index (χ1v) is 8.66. The number of anilines is 1. The molecule has 1 aromatic heterocycles. The molecule has 1 unspecified atom stereocenters. The molecule has 0 amide bonds. The first kappa shape index (κ1) is 15.5. The number of imidazole rings is 1. The van der Waals surface area contributed by atoms with Crippen molar-refractivity contribution in [2.75, 3.05) is 5.32 Å². The Morgan fingerprint density at radius 1 is 1.12 bits per heavy atom. The predicted octanol–water partition coefficient (Wildman–Crippen LogP) is 3.84. The van der Waals surface area contributed by atoms with Gasteiger partial charge in [-0.1, -0.05) is 30.3 Å². The molecule has 0 bridgehead atoms. The summed E-state index contributed by atoms with van der Waals surface area (Å²) in [5.74, 6) is 0.968. The lowest BCUT2D eigenvalue weighted by atomic mass is 9.95. The number of hydrogen-bond donors (Lipinski definition) is 2. The summed E-state index contributed by atoms with van der Waals surface area (Å²) in [6, 6.07) is 18.8. The maximum absolute atomic E-state index is 8.86. The lowest BCUT2D eigenvalue weighted by Crippen LogP contribution is -2.27. The summed E-state index contributed by atoms with van der Waals surface area (Å²) < 4.78 is 0. The number of hydrogen-bond acceptors (Lipinski definition) is 3. The Balaban J connectivity index is 1.39. The summed E-state index contributed by atoms with van der Waals surface area (Å²) in [7, 11) is 0. The van der Waals surface area contributed by atoms with Gasteiger partial charge in [-0.05, 0) is 42.2 Å². The number of aryl methyl sites for hydroxylation is 1. The largest absolute Gasteiger partial charge is 0.382 e. The number of para-hydroxylation sites is 1. The summed E-state index contributed by atoms with van der Waals surface area (Å²) in [6.45, 7) is 0. The maximum atomic E-state index is 8.86. The number of nitrogens with one attached hydrogen (secondary N) is 2. The van der Waals surface area contributed by atoms with Crippen LogP contribution in [0.3, 0.4) is 0 Å². The van der Waals surface area contributed by atoms with E-state index in [2.05, 4.69) is 45.6 Å². The Morgan fingerprint density at radius 3 is 2.80 bits per heavy atom. The van der Waals surface area contributed by atoms with Crippen LogP contribution in [0.4, 0.5) is 5.69 Å². The van der Waals surface area contributed by atoms with Crippen molar-refractivity contribution < 1.29 is 0 Å². The number of benzene rings is 2. The topological polar surface area (TPSA) is 64.5 Å². The zero-order chi connectivity index (χ0) is 17.1. The van der Waals surface area contributed by atoms with Gasteiger partial charge >= 0.3 is 0 Å². The molecule has 4 heteroatoms. The molecule has 1 aliphatic heterocycles. The van der Waals surface area contributed by atoms with Crippen molar-refractivity contribution in [3.63, 3.8) is 0 Å². The molecule has 0 radical (unpaired) electrons. The van der Waals surface area contributed by atoms with Crippen LogP contribution < -0.4 is 5.32 Å². The van der Waals surface area contributed by atoms with Crippen LogP contribution in [-0.4, -0.2) is 16.0 Å². The highest BCUT2D eigenvalue weighted by atomic mass is 15.0. The van der Waals surface area contributed by atoms with E-state index in [1.165, 1.54) is 16.9 Å². The van der Waals surface area contributed by atoms with Gasteiger partial charge in [0.25, 0.3) is 0 Å². The number of aromatic nitrogens is 2. The quantitative estimate of drug-likeness (QED) is 0.765. The summed E-state index contributed by atoms with van der Waals surface area (Å²) in [5, 5.41) is 12.5. The second-order valence-corrected chi connectivity index (χ2v) is 6.58. The molecule has 1 atom stereocenters. The van der Waals surface area contributed by atoms with Gasteiger partial charge in [-0.2, -0.15) is 5.26 Å². The molecular formula is C21H20N4. The normalized spacial score (nSPS) is 15.9. The second kappa shape index (κ2) is 6.82. The number of rotatable bonds is 4. The zero-order valence-electron chi connectivity index (χ0n) is 14.0. The van der Waals surface area contributed by atoms with Crippen LogP contribution in [-0.2, 0) is 19.3 Å². The van der Waals surface area contributed by atoms with E-state index in [9.17, 15) is 0 Å². The van der Waals surface area contributed by atoms with Gasteiger partial charge in [0.1, 0.15) is 5.82 Å². The zero-order valence-corrected chi connectivity index (χ0v) is 14.0. The van der Waals surface area contributed by atoms with Crippen LogP contribution in [0.15, 0.2) is 54.7 Å². The Kier molecular flexibility index (Phi) is 4.22. The molecule has 1 aliphatic rings. The van der Waals surface area contributed by atoms with E-state index < -0.39 is 0 Å². The summed E-state index contributed by atoms with van der Waals surface area (Å²) in [6.07, 6.45) is 5.92. The molecule has 4 rings (SSSR count). The van der Waals surface area contributed by atoms with Crippen LogP contribution in [0.2, 0.25) is 0 Å². The molecule has 2 N–H and O–H groups in total. The summed E-state index contributed by atoms with van der Waals surface area (Å²) in [5.41, 5.74) is 5.68. The van der Waals surface area contributed by atoms with Crippen LogP contribution in [0.1, 0.15) is 34.6 Å². The second-order valence-electron chi connectivity index (χ2n) is 6.58. The van der Waals surface area contributed by atoms with Gasteiger partial charge in [0.05, 0.1) is 11.6 Å². The summed E-state index contributed by atoms with van der Waals surface area (Å²) in [4.78, 5) is 7.96. The molecule has 0 aliphatic carbocycles. The molecule has 3 aromatic rings. The van der Waals surface area contributed by atoms with Crippen molar-refractivity contribution in [1.82, 2.24) is 9.97 Å². The molecule has 4 nitrogen and oxygen atoms in total. The van der Waals surface area contributed by atoms with Gasteiger partial charge in [0.2, 0.25) is 0 Å². The van der Waals surface area contributed by atoms with Crippen molar-refractivity contribution in [1.29, 1.82) is 5.26 Å². The highest BCUT2D eigenvalue weighted by molar-refractivity contribution is 5.53.